The lowest BCUT2D eigenvalue weighted by molar-refractivity contribution is -0.125. The molecule has 2 aliphatic heterocycles. The number of pyridine rings is 1. The van der Waals surface area contributed by atoms with Crippen molar-refractivity contribution in [1.82, 2.24) is 20.5 Å². The van der Waals surface area contributed by atoms with Crippen LogP contribution in [0.3, 0.4) is 0 Å². The van der Waals surface area contributed by atoms with Crippen molar-refractivity contribution in [1.29, 1.82) is 0 Å². The van der Waals surface area contributed by atoms with Crippen LogP contribution in [-0.4, -0.2) is 34.3 Å². The Hall–Kier alpha value is -4.13. The molecule has 1 saturated heterocycles. The lowest BCUT2D eigenvalue weighted by Gasteiger charge is -2.28. The molecule has 2 aromatic heterocycles. The maximum atomic E-state index is 13.2. The number of halogens is 1. The van der Waals surface area contributed by atoms with Crippen molar-refractivity contribution in [3.8, 4) is 5.75 Å². The van der Waals surface area contributed by atoms with Crippen LogP contribution in [-0.2, 0) is 23.4 Å². The first kappa shape index (κ1) is 23.3. The molecule has 4 aromatic rings. The third kappa shape index (κ3) is 4.04. The number of urea groups is 1. The Morgan fingerprint density at radius 3 is 2.70 bits per heavy atom. The van der Waals surface area contributed by atoms with Gasteiger partial charge in [-0.2, -0.15) is 0 Å². The molecule has 0 spiro atoms. The lowest BCUT2D eigenvalue weighted by Crippen LogP contribution is -2.52. The first-order valence-corrected chi connectivity index (χ1v) is 12.4. The van der Waals surface area contributed by atoms with E-state index < -0.39 is 17.5 Å². The van der Waals surface area contributed by atoms with E-state index in [0.29, 0.717) is 29.0 Å². The fourth-order valence-electron chi connectivity index (χ4n) is 4.75. The van der Waals surface area contributed by atoms with Crippen LogP contribution in [0.1, 0.15) is 27.2 Å². The van der Waals surface area contributed by atoms with Crippen LogP contribution in [0.25, 0.3) is 11.1 Å². The minimum absolute atomic E-state index is 0.120. The Bertz CT molecular complexity index is 1560. The fraction of sp³-hybridized carbons (Fsp3) is 0.154. The van der Waals surface area contributed by atoms with Gasteiger partial charge in [-0.05, 0) is 35.4 Å². The van der Waals surface area contributed by atoms with Crippen molar-refractivity contribution in [3.63, 3.8) is 0 Å². The Labute approximate surface area is 225 Å². The van der Waals surface area contributed by atoms with Crippen LogP contribution in [0.4, 0.5) is 10.5 Å². The molecule has 0 aliphatic carbocycles. The molecule has 1 atom stereocenters. The van der Waals surface area contributed by atoms with Gasteiger partial charge in [0.25, 0.3) is 11.8 Å². The quantitative estimate of drug-likeness (QED) is 0.215. The van der Waals surface area contributed by atoms with E-state index in [4.69, 9.17) is 7.48 Å². The number of carbonyl (C=O) groups is 3. The molecule has 0 bridgehead atoms. The van der Waals surface area contributed by atoms with Gasteiger partial charge in [-0.15, -0.1) is 0 Å². The second-order valence-electron chi connectivity index (χ2n) is 8.90. The molecule has 0 unspecified atom stereocenters. The number of nitrogens with zero attached hydrogens (tertiary/aromatic N) is 2. The van der Waals surface area contributed by atoms with E-state index >= 15 is 0 Å². The predicted molar refractivity (Wildman–Crippen MR) is 142 cm³/mol. The molecule has 2 aromatic carbocycles. The highest BCUT2D eigenvalue weighted by Crippen LogP contribution is 2.36. The number of furan rings is 1. The average molecular weight is 609 g/mol. The minimum atomic E-state index is -1.62. The van der Waals surface area contributed by atoms with Gasteiger partial charge in [0.15, 0.2) is 28.5 Å². The summed E-state index contributed by atoms with van der Waals surface area (Å²) in [5, 5.41) is 9.04. The van der Waals surface area contributed by atoms with Crippen LogP contribution in [0.15, 0.2) is 71.3 Å². The van der Waals surface area contributed by atoms with Crippen LogP contribution in [0, 0.1) is 0 Å². The highest BCUT2D eigenvalue weighted by molar-refractivity contribution is 14.1. The summed E-state index contributed by atoms with van der Waals surface area (Å²) < 4.78 is 11.3. The lowest BCUT2D eigenvalue weighted by atomic mass is 9.95. The summed E-state index contributed by atoms with van der Waals surface area (Å²) in [5.74, 6) is -0.129. The largest absolute Gasteiger partial charge is 0.440 e. The number of benzene rings is 2. The molecule has 37 heavy (non-hydrogen) atoms. The van der Waals surface area contributed by atoms with Gasteiger partial charge in [-0.3, -0.25) is 14.9 Å². The Morgan fingerprint density at radius 2 is 1.95 bits per heavy atom. The van der Waals surface area contributed by atoms with Crippen LogP contribution in [0.5, 0.6) is 5.75 Å². The van der Waals surface area contributed by atoms with Crippen LogP contribution < -0.4 is 19.0 Å². The molecule has 11 heteroatoms. The average Bonchev–Trinajstić information content (AvgIpc) is 3.57. The number of hydrogen-bond donors (Lipinski definition) is 3. The molecular weight excluding hydrogens is 589 g/mol. The maximum Gasteiger partial charge on any atom is 0.322 e. The third-order valence-corrected chi connectivity index (χ3v) is 7.11. The normalized spacial score (nSPS) is 18.6. The van der Waals surface area contributed by atoms with Crippen molar-refractivity contribution < 1.29 is 21.9 Å². The smallest absolute Gasteiger partial charge is 0.322 e. The number of imide groups is 1. The number of hydrogen-bond acceptors (Lipinski definition) is 7. The van der Waals surface area contributed by atoms with Gasteiger partial charge in [-0.1, -0.05) is 36.4 Å². The summed E-state index contributed by atoms with van der Waals surface area (Å²) in [6.07, 6.45) is 1.61. The van der Waals surface area contributed by atoms with Crippen molar-refractivity contribution in [2.24, 2.45) is 0 Å². The van der Waals surface area contributed by atoms with E-state index in [-0.39, 0.29) is 24.8 Å². The van der Waals surface area contributed by atoms with Gasteiger partial charge < -0.3 is 23.0 Å². The van der Waals surface area contributed by atoms with E-state index in [0.717, 1.165) is 16.8 Å². The molecule has 3 N–H and O–H groups in total. The number of aromatic nitrogens is 1. The molecule has 10 nitrogen and oxygen atoms in total. The molecule has 2 aliphatic rings. The van der Waals surface area contributed by atoms with Crippen LogP contribution >= 0.6 is 23.0 Å². The minimum Gasteiger partial charge on any atom is -0.440 e. The third-order valence-electron chi connectivity index (χ3n) is 6.60. The van der Waals surface area contributed by atoms with E-state index in [9.17, 15) is 14.4 Å². The maximum absolute atomic E-state index is 13.2. The molecular formula is C26H20IN5O5. The van der Waals surface area contributed by atoms with Gasteiger partial charge >= 0.3 is 6.03 Å². The fourth-order valence-corrected chi connectivity index (χ4v) is 5.03. The van der Waals surface area contributed by atoms with E-state index in [1.807, 2.05) is 42.5 Å². The SMILES string of the molecule is O=C1NC(=O)[C@](CN2Cc3ccc(OI)cc3C2=O)(c2cc3c(NCc4ccccc4)ccnc3o2)N1. The van der Waals surface area contributed by atoms with Crippen LogP contribution in [0.2, 0.25) is 0 Å². The summed E-state index contributed by atoms with van der Waals surface area (Å²) in [6, 6.07) is 18.0. The zero-order chi connectivity index (χ0) is 25.6. The number of anilines is 1. The number of fused-ring (bicyclic) bond motifs is 2. The van der Waals surface area contributed by atoms with Crippen molar-refractivity contribution in [2.45, 2.75) is 18.6 Å². The van der Waals surface area contributed by atoms with Gasteiger partial charge in [0.05, 0.1) is 11.9 Å². The summed E-state index contributed by atoms with van der Waals surface area (Å²) in [6.45, 7) is 0.736. The Balaban J connectivity index is 1.34. The number of nitrogens with one attached hydrogen (secondary N) is 3. The monoisotopic (exact) mass is 609 g/mol. The predicted octanol–water partition coefficient (Wildman–Crippen LogP) is 3.86. The molecule has 0 radical (unpaired) electrons. The number of amides is 4. The van der Waals surface area contributed by atoms with Crippen molar-refractivity contribution >= 4 is 57.6 Å². The van der Waals surface area contributed by atoms with Gasteiger partial charge in [-0.25, -0.2) is 9.78 Å². The highest BCUT2D eigenvalue weighted by Gasteiger charge is 2.53. The van der Waals surface area contributed by atoms with Gasteiger partial charge in [0, 0.05) is 30.5 Å². The van der Waals surface area contributed by atoms with E-state index in [1.165, 1.54) is 4.90 Å². The Morgan fingerprint density at radius 1 is 1.11 bits per heavy atom. The second-order valence-corrected chi connectivity index (χ2v) is 9.34. The number of carbonyl (C=O) groups excluding carboxylic acids is 3. The van der Waals surface area contributed by atoms with Crippen molar-refractivity contribution in [2.75, 3.05) is 11.9 Å². The first-order chi connectivity index (χ1) is 18.0. The van der Waals surface area contributed by atoms with Crippen molar-refractivity contribution in [3.05, 3.63) is 89.3 Å². The number of rotatable bonds is 7. The molecule has 0 saturated carbocycles. The molecule has 4 amide bonds. The highest BCUT2D eigenvalue weighted by atomic mass is 127. The molecule has 4 heterocycles. The van der Waals surface area contributed by atoms with E-state index in [1.54, 1.807) is 47.4 Å². The zero-order valence-corrected chi connectivity index (χ0v) is 21.4. The summed E-state index contributed by atoms with van der Waals surface area (Å²) >= 11 is 1.76. The van der Waals surface area contributed by atoms with E-state index in [2.05, 4.69) is 20.9 Å². The topological polar surface area (TPSA) is 126 Å². The first-order valence-electron chi connectivity index (χ1n) is 11.5. The van der Waals surface area contributed by atoms with Gasteiger partial charge in [0.1, 0.15) is 11.5 Å². The van der Waals surface area contributed by atoms with Gasteiger partial charge in [0.2, 0.25) is 5.71 Å². The standard InChI is InChI=1S/C26H20IN5O5/c27-37-17-7-6-16-13-32(23(33)18(16)10-17)14-26(24(34)30-25(35)31-26)21-11-19-20(8-9-28-22(19)36-21)29-12-15-4-2-1-3-5-15/h1-11H,12-14H2,(H,28,29)(H2,30,31,34,35)/t26-/m0/s1. The summed E-state index contributed by atoms with van der Waals surface area (Å²) in [5.41, 5.74) is 1.85. The zero-order valence-electron chi connectivity index (χ0n) is 19.3. The molecule has 1 fully saturated rings. The summed E-state index contributed by atoms with van der Waals surface area (Å²) in [7, 11) is 0. The summed E-state index contributed by atoms with van der Waals surface area (Å²) in [4.78, 5) is 44.6. The Kier molecular flexibility index (Phi) is 5.71. The second kappa shape index (κ2) is 9.07. The molecule has 186 valence electrons. The molecule has 6 rings (SSSR count).